The van der Waals surface area contributed by atoms with Gasteiger partial charge in [0.1, 0.15) is 6.29 Å². The summed E-state index contributed by atoms with van der Waals surface area (Å²) in [6, 6.07) is 0. The van der Waals surface area contributed by atoms with Crippen molar-refractivity contribution in [3.8, 4) is 0 Å². The number of hydrogen-bond donors (Lipinski definition) is 0. The molecule has 0 rings (SSSR count). The van der Waals surface area contributed by atoms with Crippen LogP contribution in [0.2, 0.25) is 0 Å². The fourth-order valence-electron chi connectivity index (χ4n) is 2.57. The third-order valence-electron chi connectivity index (χ3n) is 4.17. The Labute approximate surface area is 172 Å². The molecule has 0 spiro atoms. The first-order valence-corrected chi connectivity index (χ1v) is 9.40. The Bertz CT molecular complexity index is 335. The van der Waals surface area contributed by atoms with Crippen LogP contribution < -0.4 is 29.6 Å². The summed E-state index contributed by atoms with van der Waals surface area (Å²) in [5.74, 6) is -0.0657. The second-order valence-electron chi connectivity index (χ2n) is 6.65. The van der Waals surface area contributed by atoms with Crippen LogP contribution in [0.1, 0.15) is 92.3 Å². The maximum atomic E-state index is 11.5. The number of carbonyl (C=O) groups is 2. The molecule has 0 aliphatic heterocycles. The van der Waals surface area contributed by atoms with Gasteiger partial charge < -0.3 is 11.0 Å². The Kier molecular flexibility index (Phi) is 20.9. The van der Waals surface area contributed by atoms with Gasteiger partial charge in [-0.2, -0.15) is 0 Å². The van der Waals surface area contributed by atoms with Gasteiger partial charge in [-0.1, -0.05) is 84.6 Å². The molecule has 0 aromatic rings. The summed E-state index contributed by atoms with van der Waals surface area (Å²) in [6.45, 7) is 8.32. The first-order valence-electron chi connectivity index (χ1n) is 9.40. The number of rotatable bonds is 16. The zero-order valence-electron chi connectivity index (χ0n) is 17.3. The van der Waals surface area contributed by atoms with Crippen LogP contribution in [0.5, 0.6) is 0 Å². The maximum Gasteiger partial charge on any atom is 1.00 e. The number of ether oxygens (including phenoxy) is 1. The van der Waals surface area contributed by atoms with Crippen LogP contribution in [0.4, 0.5) is 0 Å². The van der Waals surface area contributed by atoms with Gasteiger partial charge in [0.2, 0.25) is 0 Å². The van der Waals surface area contributed by atoms with Crippen molar-refractivity contribution < 1.29 is 45.3 Å². The Hall–Kier alpha value is -0.120. The molecule has 0 saturated carbocycles. The Balaban J connectivity index is -0.00000242. The van der Waals surface area contributed by atoms with Gasteiger partial charge in [-0.15, -0.1) is 0 Å². The summed E-state index contributed by atoms with van der Waals surface area (Å²) < 4.78 is 5.16. The minimum absolute atomic E-state index is 0. The number of carbonyl (C=O) groups excluding carboxylic acids is 2. The van der Waals surface area contributed by atoms with Crippen LogP contribution >= 0.6 is 0 Å². The Morgan fingerprint density at radius 1 is 1.04 bits per heavy atom. The molecule has 1 unspecified atom stereocenters. The number of unbranched alkanes of at least 4 members (excludes halogenated alkanes) is 9. The summed E-state index contributed by atoms with van der Waals surface area (Å²) in [6.07, 6.45) is 15.2. The molecule has 0 aliphatic carbocycles. The molecule has 0 amide bonds. The van der Waals surface area contributed by atoms with E-state index in [9.17, 15) is 9.59 Å². The normalized spacial score (nSPS) is 11.4. The van der Waals surface area contributed by atoms with Gasteiger partial charge in [0.15, 0.2) is 0 Å². The molecule has 24 heavy (non-hydrogen) atoms. The molecule has 3 nitrogen and oxygen atoms in total. The van der Waals surface area contributed by atoms with E-state index in [0.717, 1.165) is 6.42 Å². The van der Waals surface area contributed by atoms with E-state index in [4.69, 9.17) is 4.74 Å². The van der Waals surface area contributed by atoms with Gasteiger partial charge in [-0.3, -0.25) is 0 Å². The summed E-state index contributed by atoms with van der Waals surface area (Å²) in [5, 5.41) is 0. The van der Waals surface area contributed by atoms with E-state index in [1.165, 1.54) is 64.2 Å². The molecule has 0 heterocycles. The monoisotopic (exact) mass is 348 g/mol. The predicted molar refractivity (Wildman–Crippen MR) is 97.5 cm³/mol. The number of hydrogen-bond acceptors (Lipinski definition) is 3. The quantitative estimate of drug-likeness (QED) is 0.142. The van der Waals surface area contributed by atoms with E-state index in [0.29, 0.717) is 18.8 Å². The van der Waals surface area contributed by atoms with Crippen molar-refractivity contribution in [2.75, 3.05) is 6.61 Å². The summed E-state index contributed by atoms with van der Waals surface area (Å²) in [5.41, 5.74) is 0.242. The van der Waals surface area contributed by atoms with Crippen LogP contribution in [0.25, 0.3) is 0 Å². The molecule has 0 fully saturated rings. The average molecular weight is 349 g/mol. The van der Waals surface area contributed by atoms with Crippen molar-refractivity contribution in [1.82, 2.24) is 0 Å². The van der Waals surface area contributed by atoms with Gasteiger partial charge in [-0.25, -0.2) is 4.79 Å². The maximum absolute atomic E-state index is 11.5. The minimum atomic E-state index is -0.438. The topological polar surface area (TPSA) is 43.4 Å². The van der Waals surface area contributed by atoms with Crippen LogP contribution in [0, 0.1) is 5.92 Å². The summed E-state index contributed by atoms with van der Waals surface area (Å²) in [4.78, 5) is 21.8. The molecular formula is C20H37NaO3. The molecule has 0 aliphatic rings. The minimum Gasteiger partial charge on any atom is -1.00 e. The van der Waals surface area contributed by atoms with E-state index < -0.39 is 5.97 Å². The van der Waals surface area contributed by atoms with Gasteiger partial charge in [0, 0.05) is 12.0 Å². The largest absolute Gasteiger partial charge is 1.00 e. The Morgan fingerprint density at radius 3 is 2.04 bits per heavy atom. The number of esters is 1. The second-order valence-corrected chi connectivity index (χ2v) is 6.65. The second kappa shape index (κ2) is 19.2. The van der Waals surface area contributed by atoms with Crippen molar-refractivity contribution >= 4 is 12.3 Å². The van der Waals surface area contributed by atoms with Crippen molar-refractivity contribution in [3.05, 3.63) is 12.2 Å². The third kappa shape index (κ3) is 16.7. The fraction of sp³-hybridized carbons (Fsp3) is 0.800. The molecule has 4 heteroatoms. The van der Waals surface area contributed by atoms with Gasteiger partial charge in [-0.05, 0) is 12.3 Å². The molecule has 0 N–H and O–H groups in total. The number of aldehydes is 1. The smallest absolute Gasteiger partial charge is 1.00 e. The first kappa shape index (κ1) is 26.1. The zero-order chi connectivity index (χ0) is 17.3. The average Bonchev–Trinajstić information content (AvgIpc) is 2.54. The standard InChI is InChI=1S/C20H36O3.Na.H/c1-4-5-6-7-8-9-10-11-12-13-14-18(2)17-23-20(22)19(3)15-16-21;;/h16,18H,3-15,17H2,1-2H3;;/q;+1;-1. The van der Waals surface area contributed by atoms with E-state index in [1.807, 2.05) is 0 Å². The van der Waals surface area contributed by atoms with Gasteiger partial charge in [0.25, 0.3) is 0 Å². The summed E-state index contributed by atoms with van der Waals surface area (Å²) >= 11 is 0. The van der Waals surface area contributed by atoms with Gasteiger partial charge in [0.05, 0.1) is 6.61 Å². The SMILES string of the molecule is C=C(CC=O)C(=O)OCC(C)CCCCCCCCCCCC.[H-].[Na+]. The first-order chi connectivity index (χ1) is 11.1. The molecular weight excluding hydrogens is 311 g/mol. The summed E-state index contributed by atoms with van der Waals surface area (Å²) in [7, 11) is 0. The molecule has 1 atom stereocenters. The molecule has 136 valence electrons. The van der Waals surface area contributed by atoms with Gasteiger partial charge >= 0.3 is 35.5 Å². The fourth-order valence-corrected chi connectivity index (χ4v) is 2.57. The van der Waals surface area contributed by atoms with E-state index >= 15 is 0 Å². The third-order valence-corrected chi connectivity index (χ3v) is 4.17. The van der Waals surface area contributed by atoms with Crippen LogP contribution in [-0.4, -0.2) is 18.9 Å². The molecule has 0 aromatic carbocycles. The molecule has 0 aromatic heterocycles. The zero-order valence-corrected chi connectivity index (χ0v) is 18.3. The van der Waals surface area contributed by atoms with Crippen LogP contribution in [-0.2, 0) is 14.3 Å². The van der Waals surface area contributed by atoms with E-state index in [-0.39, 0.29) is 43.0 Å². The van der Waals surface area contributed by atoms with Crippen molar-refractivity contribution in [2.24, 2.45) is 5.92 Å². The van der Waals surface area contributed by atoms with Crippen molar-refractivity contribution in [2.45, 2.75) is 90.9 Å². The predicted octanol–water partition coefficient (Wildman–Crippen LogP) is 2.74. The van der Waals surface area contributed by atoms with E-state index in [2.05, 4.69) is 20.4 Å². The van der Waals surface area contributed by atoms with Crippen LogP contribution in [0.3, 0.4) is 0 Å². The van der Waals surface area contributed by atoms with E-state index in [1.54, 1.807) is 0 Å². The Morgan fingerprint density at radius 2 is 1.54 bits per heavy atom. The molecule has 0 saturated heterocycles. The van der Waals surface area contributed by atoms with Crippen molar-refractivity contribution in [1.29, 1.82) is 0 Å². The molecule has 0 bridgehead atoms. The van der Waals surface area contributed by atoms with Crippen molar-refractivity contribution in [3.63, 3.8) is 0 Å². The molecule has 0 radical (unpaired) electrons. The van der Waals surface area contributed by atoms with Crippen LogP contribution in [0.15, 0.2) is 12.2 Å².